The maximum atomic E-state index is 11.0. The summed E-state index contributed by atoms with van der Waals surface area (Å²) < 4.78 is 0. The third-order valence-corrected chi connectivity index (χ3v) is 2.00. The Labute approximate surface area is 88.7 Å². The average molecular weight is 206 g/mol. The van der Waals surface area contributed by atoms with Crippen molar-refractivity contribution in [2.45, 2.75) is 19.8 Å². The molecule has 4 nitrogen and oxygen atoms in total. The van der Waals surface area contributed by atoms with E-state index in [1.807, 2.05) is 23.5 Å². The maximum Gasteiger partial charge on any atom is 0.325 e. The second-order valence-electron chi connectivity index (χ2n) is 3.50. The summed E-state index contributed by atoms with van der Waals surface area (Å²) in [6.07, 6.45) is 0.349. The van der Waals surface area contributed by atoms with Gasteiger partial charge in [-0.1, -0.05) is 26.0 Å². The number of carbonyl (C=O) groups excluding carboxylic acids is 2. The Bertz CT molecular complexity index is 361. The molecule has 0 bridgehead atoms. The van der Waals surface area contributed by atoms with Gasteiger partial charge in [-0.05, 0) is 23.6 Å². The Hall–Kier alpha value is -1.84. The Kier molecular flexibility index (Phi) is 3.85. The molecule has 0 radical (unpaired) electrons. The van der Waals surface area contributed by atoms with Crippen molar-refractivity contribution < 1.29 is 9.59 Å². The van der Waals surface area contributed by atoms with Crippen molar-refractivity contribution in [1.29, 1.82) is 0 Å². The second-order valence-corrected chi connectivity index (χ2v) is 3.50. The van der Waals surface area contributed by atoms with Crippen LogP contribution in [0.4, 0.5) is 10.5 Å². The third-order valence-electron chi connectivity index (χ3n) is 2.00. The first-order valence-corrected chi connectivity index (χ1v) is 4.74. The van der Waals surface area contributed by atoms with E-state index in [0.29, 0.717) is 18.0 Å². The zero-order valence-electron chi connectivity index (χ0n) is 8.78. The van der Waals surface area contributed by atoms with Crippen LogP contribution >= 0.6 is 0 Å². The molecule has 0 atom stereocenters. The molecule has 0 saturated heterocycles. The largest absolute Gasteiger partial charge is 0.325 e. The summed E-state index contributed by atoms with van der Waals surface area (Å²) in [7, 11) is 0. The van der Waals surface area contributed by atoms with E-state index in [0.717, 1.165) is 5.56 Å². The van der Waals surface area contributed by atoms with Crippen LogP contribution in [0, 0.1) is 0 Å². The van der Waals surface area contributed by atoms with E-state index in [1.165, 1.54) is 0 Å². The average Bonchev–Trinajstić information content (AvgIpc) is 2.18. The normalized spacial score (nSPS) is 9.80. The van der Waals surface area contributed by atoms with Gasteiger partial charge in [-0.3, -0.25) is 10.1 Å². The van der Waals surface area contributed by atoms with E-state index in [4.69, 9.17) is 0 Å². The number of rotatable bonds is 3. The maximum absolute atomic E-state index is 11.0. The van der Waals surface area contributed by atoms with Crippen LogP contribution < -0.4 is 10.6 Å². The van der Waals surface area contributed by atoms with Crippen LogP contribution in [0.25, 0.3) is 0 Å². The number of benzene rings is 1. The fraction of sp³-hybridized carbons (Fsp3) is 0.273. The topological polar surface area (TPSA) is 58.2 Å². The molecule has 1 aromatic carbocycles. The SMILES string of the molecule is CC(C)c1cccc(NC(=O)NC=O)c1. The van der Waals surface area contributed by atoms with Crippen LogP contribution in [0.5, 0.6) is 0 Å². The standard InChI is InChI=1S/C11H14N2O2/c1-8(2)9-4-3-5-10(6-9)13-11(15)12-7-14/h3-8H,1-2H3,(H2,12,13,14,15). The molecule has 3 amide bonds. The molecule has 4 heteroatoms. The predicted molar refractivity (Wildman–Crippen MR) is 58.7 cm³/mol. The number of hydrogen-bond acceptors (Lipinski definition) is 2. The number of carbonyl (C=O) groups is 2. The van der Waals surface area contributed by atoms with Crippen molar-refractivity contribution >= 4 is 18.1 Å². The lowest BCUT2D eigenvalue weighted by Gasteiger charge is -2.08. The molecule has 0 heterocycles. The summed E-state index contributed by atoms with van der Waals surface area (Å²) in [5.41, 5.74) is 1.82. The molecule has 1 aromatic rings. The smallest absolute Gasteiger partial charge is 0.308 e. The van der Waals surface area contributed by atoms with E-state index < -0.39 is 6.03 Å². The first kappa shape index (κ1) is 11.2. The van der Waals surface area contributed by atoms with Gasteiger partial charge in [-0.2, -0.15) is 0 Å². The summed E-state index contributed by atoms with van der Waals surface area (Å²) in [5.74, 6) is 0.404. The quantitative estimate of drug-likeness (QED) is 0.744. The Morgan fingerprint density at radius 3 is 2.73 bits per heavy atom. The van der Waals surface area contributed by atoms with Gasteiger partial charge in [0.15, 0.2) is 0 Å². The highest BCUT2D eigenvalue weighted by Gasteiger charge is 2.02. The minimum atomic E-state index is -0.522. The molecule has 0 saturated carbocycles. The molecule has 0 aliphatic carbocycles. The first-order chi connectivity index (χ1) is 7.13. The molecule has 80 valence electrons. The van der Waals surface area contributed by atoms with Crippen molar-refractivity contribution in [3.8, 4) is 0 Å². The molecular weight excluding hydrogens is 192 g/mol. The van der Waals surface area contributed by atoms with E-state index in [-0.39, 0.29) is 0 Å². The number of hydrogen-bond donors (Lipinski definition) is 2. The Morgan fingerprint density at radius 1 is 1.40 bits per heavy atom. The van der Waals surface area contributed by atoms with Gasteiger partial charge < -0.3 is 5.32 Å². The van der Waals surface area contributed by atoms with Crippen LogP contribution in [-0.4, -0.2) is 12.4 Å². The zero-order valence-corrected chi connectivity index (χ0v) is 8.78. The van der Waals surface area contributed by atoms with E-state index >= 15 is 0 Å². The van der Waals surface area contributed by atoms with Crippen molar-refractivity contribution in [3.63, 3.8) is 0 Å². The first-order valence-electron chi connectivity index (χ1n) is 4.74. The van der Waals surface area contributed by atoms with E-state index in [9.17, 15) is 9.59 Å². The summed E-state index contributed by atoms with van der Waals surface area (Å²) >= 11 is 0. The van der Waals surface area contributed by atoms with Gasteiger partial charge in [-0.25, -0.2) is 4.79 Å². The van der Waals surface area contributed by atoms with Crippen molar-refractivity contribution in [2.75, 3.05) is 5.32 Å². The summed E-state index contributed by atoms with van der Waals surface area (Å²) in [4.78, 5) is 21.0. The number of amides is 3. The molecule has 15 heavy (non-hydrogen) atoms. The number of imide groups is 1. The molecule has 0 unspecified atom stereocenters. The van der Waals surface area contributed by atoms with Gasteiger partial charge in [0, 0.05) is 5.69 Å². The predicted octanol–water partition coefficient (Wildman–Crippen LogP) is 2.09. The summed E-state index contributed by atoms with van der Waals surface area (Å²) in [6.45, 7) is 4.15. The fourth-order valence-electron chi connectivity index (χ4n) is 1.20. The molecule has 0 spiro atoms. The highest BCUT2D eigenvalue weighted by molar-refractivity contribution is 5.95. The molecule has 1 rings (SSSR count). The fourth-order valence-corrected chi connectivity index (χ4v) is 1.20. The summed E-state index contributed by atoms with van der Waals surface area (Å²) in [6, 6.07) is 7.00. The second kappa shape index (κ2) is 5.14. The third kappa shape index (κ3) is 3.42. The summed E-state index contributed by atoms with van der Waals surface area (Å²) in [5, 5.41) is 4.57. The lowest BCUT2D eigenvalue weighted by atomic mass is 10.0. The van der Waals surface area contributed by atoms with Gasteiger partial charge in [0.25, 0.3) is 0 Å². The number of anilines is 1. The minimum absolute atomic E-state index is 0.349. The van der Waals surface area contributed by atoms with Crippen LogP contribution in [0.15, 0.2) is 24.3 Å². The van der Waals surface area contributed by atoms with Gasteiger partial charge >= 0.3 is 6.03 Å². The molecule has 0 aliphatic heterocycles. The van der Waals surface area contributed by atoms with Gasteiger partial charge in [-0.15, -0.1) is 0 Å². The number of nitrogens with one attached hydrogen (secondary N) is 2. The Balaban J connectivity index is 2.73. The Morgan fingerprint density at radius 2 is 2.13 bits per heavy atom. The number of urea groups is 1. The lowest BCUT2D eigenvalue weighted by Crippen LogP contribution is -2.27. The van der Waals surface area contributed by atoms with Gasteiger partial charge in [0.05, 0.1) is 0 Å². The van der Waals surface area contributed by atoms with Gasteiger partial charge in [0.2, 0.25) is 6.41 Å². The van der Waals surface area contributed by atoms with Crippen LogP contribution in [0.2, 0.25) is 0 Å². The van der Waals surface area contributed by atoms with Crippen LogP contribution in [0.3, 0.4) is 0 Å². The van der Waals surface area contributed by atoms with E-state index in [1.54, 1.807) is 6.07 Å². The molecule has 0 aromatic heterocycles. The highest BCUT2D eigenvalue weighted by Crippen LogP contribution is 2.18. The molecule has 0 fully saturated rings. The van der Waals surface area contributed by atoms with Crippen molar-refractivity contribution in [2.24, 2.45) is 0 Å². The highest BCUT2D eigenvalue weighted by atomic mass is 16.2. The van der Waals surface area contributed by atoms with Gasteiger partial charge in [0.1, 0.15) is 0 Å². The lowest BCUT2D eigenvalue weighted by molar-refractivity contribution is -0.108. The van der Waals surface area contributed by atoms with Crippen molar-refractivity contribution in [1.82, 2.24) is 5.32 Å². The van der Waals surface area contributed by atoms with E-state index in [2.05, 4.69) is 19.2 Å². The molecule has 2 N–H and O–H groups in total. The molecule has 0 aliphatic rings. The minimum Gasteiger partial charge on any atom is -0.308 e. The van der Waals surface area contributed by atoms with Crippen molar-refractivity contribution in [3.05, 3.63) is 29.8 Å². The van der Waals surface area contributed by atoms with Crippen LogP contribution in [-0.2, 0) is 4.79 Å². The zero-order chi connectivity index (χ0) is 11.3. The monoisotopic (exact) mass is 206 g/mol. The molecular formula is C11H14N2O2. The van der Waals surface area contributed by atoms with Crippen LogP contribution in [0.1, 0.15) is 25.3 Å².